The average molecular weight is 414 g/mol. The van der Waals surface area contributed by atoms with Gasteiger partial charge in [0.2, 0.25) is 5.91 Å². The number of amides is 1. The number of nitrogens with one attached hydrogen (secondary N) is 1. The first-order chi connectivity index (χ1) is 14.1. The molecule has 1 heterocycles. The van der Waals surface area contributed by atoms with E-state index in [1.165, 1.54) is 13.2 Å². The van der Waals surface area contributed by atoms with Crippen LogP contribution in [0.15, 0.2) is 42.5 Å². The molecule has 0 spiro atoms. The summed E-state index contributed by atoms with van der Waals surface area (Å²) in [6, 6.07) is 11.4. The van der Waals surface area contributed by atoms with Crippen LogP contribution in [0.4, 0.5) is 0 Å². The van der Waals surface area contributed by atoms with Gasteiger partial charge in [-0.15, -0.1) is 0 Å². The molecule has 29 heavy (non-hydrogen) atoms. The largest absolute Gasteiger partial charge is 0.491 e. The Balaban J connectivity index is 1.71. The molecule has 0 saturated heterocycles. The summed E-state index contributed by atoms with van der Waals surface area (Å²) < 4.78 is 12.9. The van der Waals surface area contributed by atoms with Crippen molar-refractivity contribution in [1.82, 2.24) is 14.9 Å². The Hall–Kier alpha value is -2.99. The first-order valence-corrected chi connectivity index (χ1v) is 9.85. The second kappa shape index (κ2) is 9.47. The first kappa shape index (κ1) is 20.7. The fourth-order valence-corrected chi connectivity index (χ4v) is 3.45. The molecule has 7 heteroatoms. The van der Waals surface area contributed by atoms with Crippen LogP contribution in [0.3, 0.4) is 0 Å². The fraction of sp³-hybridized carbons (Fsp3) is 0.273. The third kappa shape index (κ3) is 4.71. The van der Waals surface area contributed by atoms with Crippen molar-refractivity contribution in [2.45, 2.75) is 26.9 Å². The smallest absolute Gasteiger partial charge is 0.244 e. The quantitative estimate of drug-likeness (QED) is 0.554. The van der Waals surface area contributed by atoms with Crippen LogP contribution in [0.25, 0.3) is 17.1 Å². The van der Waals surface area contributed by atoms with Crippen molar-refractivity contribution in [2.24, 2.45) is 0 Å². The predicted octanol–water partition coefficient (Wildman–Crippen LogP) is 4.45. The Bertz CT molecular complexity index is 1040. The Kier molecular flexibility index (Phi) is 6.77. The van der Waals surface area contributed by atoms with Crippen molar-refractivity contribution in [1.29, 1.82) is 0 Å². The van der Waals surface area contributed by atoms with Crippen molar-refractivity contribution in [3.05, 3.63) is 58.9 Å². The van der Waals surface area contributed by atoms with Crippen LogP contribution in [0.2, 0.25) is 5.02 Å². The number of aromatic nitrogens is 2. The zero-order valence-electron chi connectivity index (χ0n) is 16.7. The number of carbonyl (C=O) groups excluding carboxylic acids is 1. The molecule has 1 aromatic heterocycles. The molecule has 0 fully saturated rings. The maximum atomic E-state index is 12.3. The van der Waals surface area contributed by atoms with Gasteiger partial charge < -0.3 is 19.4 Å². The summed E-state index contributed by atoms with van der Waals surface area (Å²) in [7, 11) is 1.54. The SMILES string of the molecule is CCOc1cc(/C=C/C(=O)NCc2nc3ccccc3n2CC)cc(Cl)c1OC. The molecule has 0 atom stereocenters. The predicted molar refractivity (Wildman–Crippen MR) is 115 cm³/mol. The van der Waals surface area contributed by atoms with Gasteiger partial charge in [-0.05, 0) is 49.8 Å². The maximum absolute atomic E-state index is 12.3. The van der Waals surface area contributed by atoms with Gasteiger partial charge in [0.1, 0.15) is 5.82 Å². The van der Waals surface area contributed by atoms with Crippen molar-refractivity contribution >= 4 is 34.6 Å². The minimum atomic E-state index is -0.218. The van der Waals surface area contributed by atoms with Crippen molar-refractivity contribution in [3.8, 4) is 11.5 Å². The molecule has 0 radical (unpaired) electrons. The molecule has 0 unspecified atom stereocenters. The number of nitrogens with zero attached hydrogens (tertiary/aromatic N) is 2. The van der Waals surface area contributed by atoms with Gasteiger partial charge in [-0.1, -0.05) is 23.7 Å². The van der Waals surface area contributed by atoms with E-state index >= 15 is 0 Å². The fourth-order valence-electron chi connectivity index (χ4n) is 3.16. The van der Waals surface area contributed by atoms with E-state index in [1.54, 1.807) is 18.2 Å². The minimum absolute atomic E-state index is 0.218. The van der Waals surface area contributed by atoms with E-state index in [4.69, 9.17) is 21.1 Å². The van der Waals surface area contributed by atoms with Crippen LogP contribution in [-0.2, 0) is 17.9 Å². The van der Waals surface area contributed by atoms with E-state index in [0.717, 1.165) is 29.0 Å². The van der Waals surface area contributed by atoms with Gasteiger partial charge in [0.15, 0.2) is 11.5 Å². The number of halogens is 1. The summed E-state index contributed by atoms with van der Waals surface area (Å²) in [5.41, 5.74) is 2.73. The van der Waals surface area contributed by atoms with Crippen LogP contribution >= 0.6 is 11.6 Å². The molecule has 0 saturated carbocycles. The molecule has 3 rings (SSSR count). The number of rotatable bonds is 8. The summed E-state index contributed by atoms with van der Waals surface area (Å²) >= 11 is 6.25. The lowest BCUT2D eigenvalue weighted by Crippen LogP contribution is -2.22. The van der Waals surface area contributed by atoms with Crippen molar-refractivity contribution in [3.63, 3.8) is 0 Å². The highest BCUT2D eigenvalue weighted by molar-refractivity contribution is 6.32. The molecule has 0 aliphatic carbocycles. The zero-order chi connectivity index (χ0) is 20.8. The summed E-state index contributed by atoms with van der Waals surface area (Å²) in [5, 5.41) is 3.31. The normalized spacial score (nSPS) is 11.2. The molecule has 2 aromatic carbocycles. The van der Waals surface area contributed by atoms with Crippen LogP contribution in [-0.4, -0.2) is 29.2 Å². The molecule has 0 bridgehead atoms. The van der Waals surface area contributed by atoms with Crippen molar-refractivity contribution in [2.75, 3.05) is 13.7 Å². The number of hydrogen-bond donors (Lipinski definition) is 1. The van der Waals surface area contributed by atoms with Crippen LogP contribution < -0.4 is 14.8 Å². The van der Waals surface area contributed by atoms with Gasteiger partial charge >= 0.3 is 0 Å². The van der Waals surface area contributed by atoms with Gasteiger partial charge in [-0.3, -0.25) is 4.79 Å². The number of hydrogen-bond acceptors (Lipinski definition) is 4. The van der Waals surface area contributed by atoms with Gasteiger partial charge in [0.25, 0.3) is 0 Å². The molecular weight excluding hydrogens is 390 g/mol. The third-order valence-corrected chi connectivity index (χ3v) is 4.71. The Morgan fingerprint density at radius 1 is 1.28 bits per heavy atom. The van der Waals surface area contributed by atoms with E-state index in [2.05, 4.69) is 21.8 Å². The topological polar surface area (TPSA) is 65.4 Å². The van der Waals surface area contributed by atoms with Crippen LogP contribution in [0.1, 0.15) is 25.2 Å². The number of carbonyl (C=O) groups is 1. The molecule has 0 aliphatic heterocycles. The second-order valence-electron chi connectivity index (χ2n) is 6.28. The summed E-state index contributed by atoms with van der Waals surface area (Å²) in [6.07, 6.45) is 3.15. The van der Waals surface area contributed by atoms with Crippen LogP contribution in [0, 0.1) is 0 Å². The molecule has 1 amide bonds. The van der Waals surface area contributed by atoms with E-state index in [1.807, 2.05) is 31.2 Å². The Morgan fingerprint density at radius 3 is 2.79 bits per heavy atom. The van der Waals surface area contributed by atoms with E-state index < -0.39 is 0 Å². The maximum Gasteiger partial charge on any atom is 0.244 e. The average Bonchev–Trinajstić information content (AvgIpc) is 3.08. The number of para-hydroxylation sites is 2. The lowest BCUT2D eigenvalue weighted by atomic mass is 10.2. The summed E-state index contributed by atoms with van der Waals surface area (Å²) in [5.74, 6) is 1.62. The number of benzene rings is 2. The standard InChI is InChI=1S/C22H24ClN3O3/c1-4-26-18-9-7-6-8-17(18)25-20(26)14-24-21(27)11-10-15-12-16(23)22(28-3)19(13-15)29-5-2/h6-13H,4-5,14H2,1-3H3,(H,24,27)/b11-10+. The number of aryl methyl sites for hydroxylation is 1. The first-order valence-electron chi connectivity index (χ1n) is 9.47. The lowest BCUT2D eigenvalue weighted by molar-refractivity contribution is -0.116. The number of fused-ring (bicyclic) bond motifs is 1. The van der Waals surface area contributed by atoms with E-state index in [-0.39, 0.29) is 5.91 Å². The highest BCUT2D eigenvalue weighted by Crippen LogP contribution is 2.36. The minimum Gasteiger partial charge on any atom is -0.491 e. The Labute approximate surface area is 175 Å². The van der Waals surface area contributed by atoms with Crippen molar-refractivity contribution < 1.29 is 14.3 Å². The second-order valence-corrected chi connectivity index (χ2v) is 6.69. The van der Waals surface area contributed by atoms with E-state index in [0.29, 0.717) is 29.7 Å². The lowest BCUT2D eigenvalue weighted by Gasteiger charge is -2.11. The van der Waals surface area contributed by atoms with Gasteiger partial charge in [-0.2, -0.15) is 0 Å². The molecule has 3 aromatic rings. The van der Waals surface area contributed by atoms with Gasteiger partial charge in [0, 0.05) is 12.6 Å². The monoisotopic (exact) mass is 413 g/mol. The molecule has 1 N–H and O–H groups in total. The van der Waals surface area contributed by atoms with Crippen LogP contribution in [0.5, 0.6) is 11.5 Å². The summed E-state index contributed by atoms with van der Waals surface area (Å²) in [6.45, 7) is 5.56. The number of imidazole rings is 1. The zero-order valence-corrected chi connectivity index (χ0v) is 17.5. The highest BCUT2D eigenvalue weighted by atomic mass is 35.5. The van der Waals surface area contributed by atoms with E-state index in [9.17, 15) is 4.79 Å². The molecule has 6 nitrogen and oxygen atoms in total. The van der Waals surface area contributed by atoms with Gasteiger partial charge in [-0.25, -0.2) is 4.98 Å². The van der Waals surface area contributed by atoms with Gasteiger partial charge in [0.05, 0.1) is 36.3 Å². The number of methoxy groups -OCH3 is 1. The third-order valence-electron chi connectivity index (χ3n) is 4.43. The number of ether oxygens (including phenoxy) is 2. The Morgan fingerprint density at radius 2 is 2.07 bits per heavy atom. The molecule has 152 valence electrons. The highest BCUT2D eigenvalue weighted by Gasteiger charge is 2.11. The molecule has 0 aliphatic rings. The summed E-state index contributed by atoms with van der Waals surface area (Å²) in [4.78, 5) is 16.9. The molecular formula is C22H24ClN3O3.